The first-order valence-electron chi connectivity index (χ1n) is 6.91. The van der Waals surface area contributed by atoms with Gasteiger partial charge in [-0.1, -0.05) is 54.7 Å². The van der Waals surface area contributed by atoms with Gasteiger partial charge in [0.25, 0.3) is 0 Å². The van der Waals surface area contributed by atoms with E-state index >= 15 is 0 Å². The molecule has 0 aliphatic carbocycles. The van der Waals surface area contributed by atoms with E-state index in [4.69, 9.17) is 23.2 Å². The molecule has 2 aromatic carbocycles. The molecule has 2 nitrogen and oxygen atoms in total. The van der Waals surface area contributed by atoms with E-state index in [-0.39, 0.29) is 5.75 Å². The Balaban J connectivity index is 2.54. The second-order valence-electron chi connectivity index (χ2n) is 4.73. The summed E-state index contributed by atoms with van der Waals surface area (Å²) in [5.74, 6) is 0.148. The summed E-state index contributed by atoms with van der Waals surface area (Å²) in [6.45, 7) is 2.80. The smallest absolute Gasteiger partial charge is 0.125 e. The normalized spacial score (nSPS) is 11.7. The molecule has 0 spiro atoms. The average molecular weight is 322 g/mol. The Kier molecular flexibility index (Phi) is 5.66. The molecule has 0 saturated heterocycles. The molecule has 0 bridgehead atoms. The Bertz CT molecular complexity index is 653. The molecule has 0 fully saturated rings. The van der Waals surface area contributed by atoms with Crippen LogP contribution in [-0.2, 0) is 0 Å². The molecule has 0 aliphatic rings. The van der Waals surface area contributed by atoms with E-state index in [0.29, 0.717) is 27.9 Å². The van der Waals surface area contributed by atoms with Crippen LogP contribution in [-0.4, -0.2) is 17.4 Å². The van der Waals surface area contributed by atoms with Crippen molar-refractivity contribution in [3.63, 3.8) is 0 Å². The van der Waals surface area contributed by atoms with E-state index in [1.807, 2.05) is 24.3 Å². The van der Waals surface area contributed by atoms with Gasteiger partial charge in [-0.05, 0) is 30.7 Å². The molecule has 0 saturated carbocycles. The van der Waals surface area contributed by atoms with Crippen LogP contribution >= 0.6 is 23.2 Å². The number of halogens is 2. The van der Waals surface area contributed by atoms with Crippen LogP contribution in [0.5, 0.6) is 5.75 Å². The maximum absolute atomic E-state index is 10.1. The van der Waals surface area contributed by atoms with Gasteiger partial charge >= 0.3 is 0 Å². The molecule has 110 valence electrons. The quantitative estimate of drug-likeness (QED) is 0.585. The van der Waals surface area contributed by atoms with Crippen molar-refractivity contribution in [1.82, 2.24) is 0 Å². The molecule has 0 atom stereocenters. The zero-order chi connectivity index (χ0) is 15.2. The van der Waals surface area contributed by atoms with Gasteiger partial charge in [0.2, 0.25) is 0 Å². The highest BCUT2D eigenvalue weighted by atomic mass is 35.5. The molecule has 0 aromatic heterocycles. The first kappa shape index (κ1) is 15.9. The lowest BCUT2D eigenvalue weighted by Crippen LogP contribution is -2.06. The summed E-state index contributed by atoms with van der Waals surface area (Å²) in [5.41, 5.74) is 2.08. The van der Waals surface area contributed by atoms with Crippen LogP contribution in [0.3, 0.4) is 0 Å². The van der Waals surface area contributed by atoms with E-state index in [1.54, 1.807) is 18.2 Å². The average Bonchev–Trinajstić information content (AvgIpc) is 2.48. The van der Waals surface area contributed by atoms with Crippen LogP contribution in [0, 0.1) is 0 Å². The second kappa shape index (κ2) is 7.48. The molecule has 0 amide bonds. The van der Waals surface area contributed by atoms with Crippen molar-refractivity contribution >= 4 is 28.9 Å². The molecule has 2 rings (SSSR count). The van der Waals surface area contributed by atoms with Crippen molar-refractivity contribution in [2.75, 3.05) is 6.54 Å². The van der Waals surface area contributed by atoms with Gasteiger partial charge in [-0.15, -0.1) is 0 Å². The summed E-state index contributed by atoms with van der Waals surface area (Å²) in [4.78, 5) is 4.63. The zero-order valence-corrected chi connectivity index (χ0v) is 13.3. The minimum atomic E-state index is 0.148. The van der Waals surface area contributed by atoms with Gasteiger partial charge in [-0.2, -0.15) is 0 Å². The minimum absolute atomic E-state index is 0.148. The Morgan fingerprint density at radius 2 is 1.86 bits per heavy atom. The predicted octanol–water partition coefficient (Wildman–Crippen LogP) is 5.34. The summed E-state index contributed by atoms with van der Waals surface area (Å²) < 4.78 is 0. The summed E-state index contributed by atoms with van der Waals surface area (Å²) >= 11 is 12.3. The fourth-order valence-corrected chi connectivity index (χ4v) is 2.41. The standard InChI is InChI=1S/C17H17Cl2NO/c1-2-3-10-20-17(13-6-4-5-7-15(13)19)14-11-12(18)8-9-16(14)21/h4-9,11,21H,2-3,10H2,1H3/b20-17+. The molecule has 0 radical (unpaired) electrons. The van der Waals surface area contributed by atoms with Crippen molar-refractivity contribution in [3.8, 4) is 5.75 Å². The fourth-order valence-electron chi connectivity index (χ4n) is 2.02. The van der Waals surface area contributed by atoms with Crippen LogP contribution in [0.4, 0.5) is 0 Å². The highest BCUT2D eigenvalue weighted by Crippen LogP contribution is 2.27. The van der Waals surface area contributed by atoms with Gasteiger partial charge in [0.1, 0.15) is 5.75 Å². The van der Waals surface area contributed by atoms with Crippen molar-refractivity contribution in [2.24, 2.45) is 4.99 Å². The maximum atomic E-state index is 10.1. The van der Waals surface area contributed by atoms with Crippen LogP contribution < -0.4 is 0 Å². The zero-order valence-electron chi connectivity index (χ0n) is 11.8. The number of benzene rings is 2. The summed E-state index contributed by atoms with van der Waals surface area (Å²) in [7, 11) is 0. The highest BCUT2D eigenvalue weighted by Gasteiger charge is 2.14. The lowest BCUT2D eigenvalue weighted by atomic mass is 10.0. The third-order valence-electron chi connectivity index (χ3n) is 3.12. The molecular formula is C17H17Cl2NO. The summed E-state index contributed by atoms with van der Waals surface area (Å²) in [5, 5.41) is 11.3. The minimum Gasteiger partial charge on any atom is -0.507 e. The van der Waals surface area contributed by atoms with Gasteiger partial charge in [0.05, 0.1) is 5.71 Å². The third kappa shape index (κ3) is 3.99. The predicted molar refractivity (Wildman–Crippen MR) is 90.0 cm³/mol. The molecule has 1 N–H and O–H groups in total. The van der Waals surface area contributed by atoms with Crippen molar-refractivity contribution in [1.29, 1.82) is 0 Å². The first-order chi connectivity index (χ1) is 10.1. The number of phenolic OH excluding ortho intramolecular Hbond substituents is 1. The van der Waals surface area contributed by atoms with Gasteiger partial charge in [-0.3, -0.25) is 4.99 Å². The van der Waals surface area contributed by atoms with Gasteiger partial charge in [-0.25, -0.2) is 0 Å². The van der Waals surface area contributed by atoms with Crippen LogP contribution in [0.25, 0.3) is 0 Å². The Hall–Kier alpha value is -1.51. The van der Waals surface area contributed by atoms with E-state index < -0.39 is 0 Å². The molecule has 4 heteroatoms. The number of phenols is 1. The van der Waals surface area contributed by atoms with Crippen molar-refractivity contribution in [2.45, 2.75) is 19.8 Å². The first-order valence-corrected chi connectivity index (χ1v) is 7.67. The molecule has 0 aliphatic heterocycles. The van der Waals surface area contributed by atoms with Gasteiger partial charge < -0.3 is 5.11 Å². The lowest BCUT2D eigenvalue weighted by Gasteiger charge is -2.11. The molecule has 2 aromatic rings. The molecule has 0 heterocycles. The van der Waals surface area contributed by atoms with Crippen LogP contribution in [0.1, 0.15) is 30.9 Å². The number of aliphatic imine (C=N–C) groups is 1. The number of unbranched alkanes of at least 4 members (excludes halogenated alkanes) is 1. The van der Waals surface area contributed by atoms with Crippen molar-refractivity contribution in [3.05, 3.63) is 63.6 Å². The Labute approximate surface area is 135 Å². The summed E-state index contributed by atoms with van der Waals surface area (Å²) in [6, 6.07) is 12.4. The third-order valence-corrected chi connectivity index (χ3v) is 3.69. The number of hydrogen-bond acceptors (Lipinski definition) is 2. The number of nitrogens with zero attached hydrogens (tertiary/aromatic N) is 1. The fraction of sp³-hybridized carbons (Fsp3) is 0.235. The van der Waals surface area contributed by atoms with E-state index in [1.165, 1.54) is 0 Å². The lowest BCUT2D eigenvalue weighted by molar-refractivity contribution is 0.474. The number of rotatable bonds is 5. The summed E-state index contributed by atoms with van der Waals surface area (Å²) in [6.07, 6.45) is 2.04. The number of aromatic hydroxyl groups is 1. The molecule has 21 heavy (non-hydrogen) atoms. The van der Waals surface area contributed by atoms with Crippen LogP contribution in [0.2, 0.25) is 10.0 Å². The largest absolute Gasteiger partial charge is 0.507 e. The van der Waals surface area contributed by atoms with E-state index in [2.05, 4.69) is 11.9 Å². The monoisotopic (exact) mass is 321 g/mol. The Morgan fingerprint density at radius 3 is 2.57 bits per heavy atom. The highest BCUT2D eigenvalue weighted by molar-refractivity contribution is 6.36. The molecular weight excluding hydrogens is 305 g/mol. The topological polar surface area (TPSA) is 32.6 Å². The second-order valence-corrected chi connectivity index (χ2v) is 5.57. The maximum Gasteiger partial charge on any atom is 0.125 e. The number of hydrogen-bond donors (Lipinski definition) is 1. The van der Waals surface area contributed by atoms with E-state index in [0.717, 1.165) is 18.4 Å². The van der Waals surface area contributed by atoms with E-state index in [9.17, 15) is 5.11 Å². The Morgan fingerprint density at radius 1 is 1.10 bits per heavy atom. The molecule has 0 unspecified atom stereocenters. The van der Waals surface area contributed by atoms with Gasteiger partial charge in [0, 0.05) is 27.7 Å². The van der Waals surface area contributed by atoms with Gasteiger partial charge in [0.15, 0.2) is 0 Å². The SMILES string of the molecule is CCCC/N=C(/c1cc(Cl)ccc1O)c1ccccc1Cl. The van der Waals surface area contributed by atoms with Crippen molar-refractivity contribution < 1.29 is 5.11 Å². The van der Waals surface area contributed by atoms with Crippen LogP contribution in [0.15, 0.2) is 47.5 Å².